The summed E-state index contributed by atoms with van der Waals surface area (Å²) in [5, 5.41) is 2.88. The van der Waals surface area contributed by atoms with E-state index < -0.39 is 0 Å². The Labute approximate surface area is 101 Å². The molecule has 1 amide bonds. The van der Waals surface area contributed by atoms with E-state index in [1.54, 1.807) is 0 Å². The molecular formula is C13H18N2O2. The van der Waals surface area contributed by atoms with Gasteiger partial charge in [-0.05, 0) is 25.8 Å². The Morgan fingerprint density at radius 2 is 2.29 bits per heavy atom. The van der Waals surface area contributed by atoms with Crippen LogP contribution in [0.1, 0.15) is 24.0 Å². The van der Waals surface area contributed by atoms with Crippen LogP contribution >= 0.6 is 0 Å². The molecule has 1 saturated carbocycles. The second kappa shape index (κ2) is 5.19. The molecule has 0 heterocycles. The van der Waals surface area contributed by atoms with Gasteiger partial charge in [0.1, 0.15) is 5.75 Å². The lowest BCUT2D eigenvalue weighted by Gasteiger charge is -2.11. The molecule has 1 aliphatic rings. The van der Waals surface area contributed by atoms with Crippen molar-refractivity contribution in [3.05, 3.63) is 29.3 Å². The van der Waals surface area contributed by atoms with Gasteiger partial charge in [-0.2, -0.15) is 0 Å². The third-order valence-corrected chi connectivity index (χ3v) is 2.74. The van der Waals surface area contributed by atoms with Crippen molar-refractivity contribution in [1.29, 1.82) is 0 Å². The standard InChI is InChI=1S/C13H18N2O2/c1-9-2-5-12(10(6-9)7-14)17-8-13(16)15-11-3-4-11/h2,5-6,11H,3-4,7-8,14H2,1H3,(H,15,16). The lowest BCUT2D eigenvalue weighted by Crippen LogP contribution is -2.30. The molecule has 17 heavy (non-hydrogen) atoms. The first-order chi connectivity index (χ1) is 8.19. The van der Waals surface area contributed by atoms with Crippen molar-refractivity contribution >= 4 is 5.91 Å². The van der Waals surface area contributed by atoms with Gasteiger partial charge in [-0.3, -0.25) is 4.79 Å². The van der Waals surface area contributed by atoms with Crippen LogP contribution in [0.15, 0.2) is 18.2 Å². The fourth-order valence-electron chi connectivity index (χ4n) is 1.65. The van der Waals surface area contributed by atoms with E-state index in [1.165, 1.54) is 0 Å². The van der Waals surface area contributed by atoms with Gasteiger partial charge in [0.25, 0.3) is 5.91 Å². The highest BCUT2D eigenvalue weighted by Gasteiger charge is 2.23. The molecule has 3 N–H and O–H groups in total. The normalized spacial score (nSPS) is 14.5. The average Bonchev–Trinajstić information content (AvgIpc) is 3.11. The van der Waals surface area contributed by atoms with Gasteiger partial charge < -0.3 is 15.8 Å². The van der Waals surface area contributed by atoms with E-state index in [0.717, 1.165) is 24.0 Å². The van der Waals surface area contributed by atoms with Crippen molar-refractivity contribution in [2.24, 2.45) is 5.73 Å². The Balaban J connectivity index is 1.90. The molecule has 4 heteroatoms. The first kappa shape index (κ1) is 11.9. The van der Waals surface area contributed by atoms with E-state index in [-0.39, 0.29) is 12.5 Å². The predicted molar refractivity (Wildman–Crippen MR) is 65.7 cm³/mol. The number of benzene rings is 1. The highest BCUT2D eigenvalue weighted by molar-refractivity contribution is 5.78. The van der Waals surface area contributed by atoms with Crippen molar-refractivity contribution in [2.75, 3.05) is 6.61 Å². The molecule has 1 aromatic carbocycles. The van der Waals surface area contributed by atoms with Crippen molar-refractivity contribution in [1.82, 2.24) is 5.32 Å². The molecule has 0 atom stereocenters. The second-order valence-electron chi connectivity index (χ2n) is 4.45. The maximum Gasteiger partial charge on any atom is 0.258 e. The number of hydrogen-bond donors (Lipinski definition) is 2. The number of hydrogen-bond acceptors (Lipinski definition) is 3. The van der Waals surface area contributed by atoms with Crippen LogP contribution in [0.4, 0.5) is 0 Å². The van der Waals surface area contributed by atoms with E-state index in [9.17, 15) is 4.79 Å². The fourth-order valence-corrected chi connectivity index (χ4v) is 1.65. The number of nitrogens with one attached hydrogen (secondary N) is 1. The number of carbonyl (C=O) groups is 1. The summed E-state index contributed by atoms with van der Waals surface area (Å²) in [5.41, 5.74) is 7.71. The minimum absolute atomic E-state index is 0.0592. The van der Waals surface area contributed by atoms with Crippen LogP contribution < -0.4 is 15.8 Å². The molecule has 2 rings (SSSR count). The lowest BCUT2D eigenvalue weighted by atomic mass is 10.1. The average molecular weight is 234 g/mol. The predicted octanol–water partition coefficient (Wildman–Crippen LogP) is 1.11. The van der Waals surface area contributed by atoms with Crippen molar-refractivity contribution in [3.63, 3.8) is 0 Å². The van der Waals surface area contributed by atoms with E-state index in [4.69, 9.17) is 10.5 Å². The van der Waals surface area contributed by atoms with E-state index in [0.29, 0.717) is 18.3 Å². The molecule has 0 saturated heterocycles. The molecule has 4 nitrogen and oxygen atoms in total. The molecule has 0 unspecified atom stereocenters. The van der Waals surface area contributed by atoms with Gasteiger partial charge in [0, 0.05) is 18.2 Å². The molecule has 0 spiro atoms. The van der Waals surface area contributed by atoms with E-state index >= 15 is 0 Å². The Kier molecular flexibility index (Phi) is 3.64. The van der Waals surface area contributed by atoms with Gasteiger partial charge in [-0.15, -0.1) is 0 Å². The molecule has 92 valence electrons. The second-order valence-corrected chi connectivity index (χ2v) is 4.45. The lowest BCUT2D eigenvalue weighted by molar-refractivity contribution is -0.123. The quantitative estimate of drug-likeness (QED) is 0.802. The Morgan fingerprint density at radius 1 is 1.53 bits per heavy atom. The zero-order valence-corrected chi connectivity index (χ0v) is 10.0. The summed E-state index contributed by atoms with van der Waals surface area (Å²) in [5.74, 6) is 0.639. The zero-order chi connectivity index (χ0) is 12.3. The summed E-state index contributed by atoms with van der Waals surface area (Å²) in [4.78, 5) is 11.5. The van der Waals surface area contributed by atoms with Crippen LogP contribution in [-0.4, -0.2) is 18.6 Å². The van der Waals surface area contributed by atoms with Gasteiger partial charge >= 0.3 is 0 Å². The van der Waals surface area contributed by atoms with Crippen LogP contribution in [0.25, 0.3) is 0 Å². The van der Waals surface area contributed by atoms with Crippen LogP contribution in [0, 0.1) is 6.92 Å². The molecular weight excluding hydrogens is 216 g/mol. The van der Waals surface area contributed by atoms with E-state index in [2.05, 4.69) is 5.32 Å². The Morgan fingerprint density at radius 3 is 2.94 bits per heavy atom. The molecule has 1 fully saturated rings. The minimum Gasteiger partial charge on any atom is -0.483 e. The zero-order valence-electron chi connectivity index (χ0n) is 10.0. The van der Waals surface area contributed by atoms with Crippen molar-refractivity contribution < 1.29 is 9.53 Å². The highest BCUT2D eigenvalue weighted by Crippen LogP contribution is 2.20. The molecule has 0 aromatic heterocycles. The first-order valence-electron chi connectivity index (χ1n) is 5.91. The number of nitrogens with two attached hydrogens (primary N) is 1. The number of amides is 1. The Hall–Kier alpha value is -1.55. The molecule has 1 aromatic rings. The summed E-state index contributed by atoms with van der Waals surface area (Å²) < 4.78 is 5.48. The van der Waals surface area contributed by atoms with Crippen molar-refractivity contribution in [2.45, 2.75) is 32.4 Å². The molecule has 0 radical (unpaired) electrons. The van der Waals surface area contributed by atoms with Gasteiger partial charge in [0.2, 0.25) is 0 Å². The maximum atomic E-state index is 11.5. The monoisotopic (exact) mass is 234 g/mol. The molecule has 0 bridgehead atoms. The molecule has 0 aliphatic heterocycles. The number of aryl methyl sites for hydroxylation is 1. The summed E-state index contributed by atoms with van der Waals surface area (Å²) in [7, 11) is 0. The smallest absolute Gasteiger partial charge is 0.258 e. The van der Waals surface area contributed by atoms with Crippen molar-refractivity contribution in [3.8, 4) is 5.75 Å². The third kappa shape index (κ3) is 3.46. The fraction of sp³-hybridized carbons (Fsp3) is 0.462. The number of ether oxygens (including phenoxy) is 1. The van der Waals surface area contributed by atoms with Gasteiger partial charge in [-0.1, -0.05) is 17.7 Å². The van der Waals surface area contributed by atoms with E-state index in [1.807, 2.05) is 25.1 Å². The van der Waals surface area contributed by atoms with Gasteiger partial charge in [0.05, 0.1) is 0 Å². The van der Waals surface area contributed by atoms with Gasteiger partial charge in [-0.25, -0.2) is 0 Å². The SMILES string of the molecule is Cc1ccc(OCC(=O)NC2CC2)c(CN)c1. The highest BCUT2D eigenvalue weighted by atomic mass is 16.5. The van der Waals surface area contributed by atoms with Crippen LogP contribution in [0.5, 0.6) is 5.75 Å². The maximum absolute atomic E-state index is 11.5. The summed E-state index contributed by atoms with van der Waals surface area (Å²) >= 11 is 0. The largest absolute Gasteiger partial charge is 0.483 e. The summed E-state index contributed by atoms with van der Waals surface area (Å²) in [6.07, 6.45) is 2.18. The number of carbonyl (C=O) groups excluding carboxylic acids is 1. The van der Waals surface area contributed by atoms with Crippen LogP contribution in [-0.2, 0) is 11.3 Å². The number of rotatable bonds is 5. The summed E-state index contributed by atoms with van der Waals surface area (Å²) in [6, 6.07) is 6.17. The minimum atomic E-state index is -0.0592. The Bertz CT molecular complexity index is 414. The third-order valence-electron chi connectivity index (χ3n) is 2.74. The summed E-state index contributed by atoms with van der Waals surface area (Å²) in [6.45, 7) is 2.48. The van der Waals surface area contributed by atoms with Crippen LogP contribution in [0.3, 0.4) is 0 Å². The van der Waals surface area contributed by atoms with Crippen LogP contribution in [0.2, 0.25) is 0 Å². The van der Waals surface area contributed by atoms with Gasteiger partial charge in [0.15, 0.2) is 6.61 Å². The first-order valence-corrected chi connectivity index (χ1v) is 5.91. The topological polar surface area (TPSA) is 64.3 Å². The molecule has 1 aliphatic carbocycles.